The molecule has 2 heterocycles. The van der Waals surface area contributed by atoms with Crippen molar-refractivity contribution in [1.29, 1.82) is 0 Å². The van der Waals surface area contributed by atoms with Gasteiger partial charge in [-0.2, -0.15) is 0 Å². The van der Waals surface area contributed by atoms with Crippen LogP contribution in [0.2, 0.25) is 0 Å². The van der Waals surface area contributed by atoms with E-state index in [9.17, 15) is 9.59 Å². The van der Waals surface area contributed by atoms with Gasteiger partial charge in [-0.1, -0.05) is 6.08 Å². The monoisotopic (exact) mass is 441 g/mol. The van der Waals surface area contributed by atoms with Gasteiger partial charge in [0, 0.05) is 38.0 Å². The van der Waals surface area contributed by atoms with Gasteiger partial charge in [0.15, 0.2) is 5.82 Å². The van der Waals surface area contributed by atoms with E-state index in [4.69, 9.17) is 9.47 Å². The molecule has 2 aromatic rings. The first kappa shape index (κ1) is 23.6. The lowest BCUT2D eigenvalue weighted by Crippen LogP contribution is -2.38. The van der Waals surface area contributed by atoms with E-state index in [1.807, 2.05) is 24.3 Å². The van der Waals surface area contributed by atoms with Crippen molar-refractivity contribution in [2.75, 3.05) is 46.0 Å². The number of aromatic amines is 1. The molecule has 2 N–H and O–H groups in total. The second-order valence-corrected chi connectivity index (χ2v) is 7.56. The van der Waals surface area contributed by atoms with Crippen molar-refractivity contribution in [2.45, 2.75) is 25.7 Å². The SMILES string of the molecule is C=CCCOc1ccc(-c2nnc(CCC(=O)NCCCN3CCOCC3)c(=O)[nH]2)cc1. The van der Waals surface area contributed by atoms with Gasteiger partial charge in [-0.15, -0.1) is 16.8 Å². The molecule has 1 aromatic heterocycles. The summed E-state index contributed by atoms with van der Waals surface area (Å²) < 4.78 is 10.9. The summed E-state index contributed by atoms with van der Waals surface area (Å²) in [6.45, 7) is 9.22. The summed E-state index contributed by atoms with van der Waals surface area (Å²) in [5, 5.41) is 11.0. The van der Waals surface area contributed by atoms with Crippen LogP contribution in [-0.2, 0) is 16.0 Å². The molecule has 0 saturated carbocycles. The molecule has 0 aliphatic carbocycles. The third-order valence-electron chi connectivity index (χ3n) is 5.15. The predicted molar refractivity (Wildman–Crippen MR) is 122 cm³/mol. The van der Waals surface area contributed by atoms with Gasteiger partial charge in [-0.05, 0) is 43.7 Å². The van der Waals surface area contributed by atoms with Crippen LogP contribution in [0.25, 0.3) is 11.4 Å². The van der Waals surface area contributed by atoms with Crippen molar-refractivity contribution in [3.05, 3.63) is 53.0 Å². The minimum atomic E-state index is -0.332. The highest BCUT2D eigenvalue weighted by Gasteiger charge is 2.11. The number of hydrogen-bond donors (Lipinski definition) is 2. The second kappa shape index (κ2) is 12.7. The van der Waals surface area contributed by atoms with Gasteiger partial charge in [0.1, 0.15) is 11.4 Å². The van der Waals surface area contributed by atoms with E-state index in [2.05, 4.69) is 32.0 Å². The van der Waals surface area contributed by atoms with E-state index in [1.54, 1.807) is 6.08 Å². The largest absolute Gasteiger partial charge is 0.493 e. The lowest BCUT2D eigenvalue weighted by molar-refractivity contribution is -0.121. The maximum absolute atomic E-state index is 12.4. The highest BCUT2D eigenvalue weighted by molar-refractivity contribution is 5.76. The Morgan fingerprint density at radius 2 is 2.03 bits per heavy atom. The fraction of sp³-hybridized carbons (Fsp3) is 0.478. The molecule has 32 heavy (non-hydrogen) atoms. The topological polar surface area (TPSA) is 109 Å². The first-order valence-electron chi connectivity index (χ1n) is 11.0. The molecule has 1 aromatic carbocycles. The maximum Gasteiger partial charge on any atom is 0.273 e. The van der Waals surface area contributed by atoms with E-state index in [-0.39, 0.29) is 30.0 Å². The molecule has 0 spiro atoms. The van der Waals surface area contributed by atoms with Crippen LogP contribution in [0.1, 0.15) is 25.0 Å². The zero-order valence-electron chi connectivity index (χ0n) is 18.3. The van der Waals surface area contributed by atoms with Crippen LogP contribution in [-0.4, -0.2) is 72.0 Å². The van der Waals surface area contributed by atoms with Crippen LogP contribution in [0.3, 0.4) is 0 Å². The minimum Gasteiger partial charge on any atom is -0.493 e. The first-order chi connectivity index (χ1) is 15.7. The number of amides is 1. The Hall–Kier alpha value is -3.04. The Kier molecular flexibility index (Phi) is 9.39. The van der Waals surface area contributed by atoms with Crippen molar-refractivity contribution in [1.82, 2.24) is 25.4 Å². The van der Waals surface area contributed by atoms with Gasteiger partial charge >= 0.3 is 0 Å². The normalized spacial score (nSPS) is 14.1. The number of nitrogens with one attached hydrogen (secondary N) is 2. The summed E-state index contributed by atoms with van der Waals surface area (Å²) in [5.74, 6) is 1.02. The fourth-order valence-corrected chi connectivity index (χ4v) is 3.30. The van der Waals surface area contributed by atoms with Gasteiger partial charge in [-0.3, -0.25) is 14.5 Å². The van der Waals surface area contributed by atoms with Crippen molar-refractivity contribution in [3.63, 3.8) is 0 Å². The molecule has 9 heteroatoms. The number of carbonyl (C=O) groups excluding carboxylic acids is 1. The quantitative estimate of drug-likeness (QED) is 0.380. The number of carbonyl (C=O) groups is 1. The zero-order chi connectivity index (χ0) is 22.6. The number of morpholine rings is 1. The molecule has 0 atom stereocenters. The molecule has 1 aliphatic rings. The Morgan fingerprint density at radius 1 is 1.25 bits per heavy atom. The summed E-state index contributed by atoms with van der Waals surface area (Å²) in [7, 11) is 0. The van der Waals surface area contributed by atoms with Gasteiger partial charge in [0.05, 0.1) is 19.8 Å². The molecule has 3 rings (SSSR count). The van der Waals surface area contributed by atoms with Crippen LogP contribution in [0.4, 0.5) is 0 Å². The summed E-state index contributed by atoms with van der Waals surface area (Å²) >= 11 is 0. The molecule has 1 saturated heterocycles. The Labute approximate surface area is 187 Å². The van der Waals surface area contributed by atoms with Gasteiger partial charge in [0.2, 0.25) is 5.91 Å². The average molecular weight is 442 g/mol. The molecule has 1 aliphatic heterocycles. The van der Waals surface area contributed by atoms with Crippen LogP contribution >= 0.6 is 0 Å². The molecular formula is C23H31N5O4. The summed E-state index contributed by atoms with van der Waals surface area (Å²) in [6.07, 6.45) is 3.90. The Bertz CT molecular complexity index is 923. The zero-order valence-corrected chi connectivity index (χ0v) is 18.3. The average Bonchev–Trinajstić information content (AvgIpc) is 2.82. The Morgan fingerprint density at radius 3 is 2.75 bits per heavy atom. The van der Waals surface area contributed by atoms with E-state index < -0.39 is 0 Å². The molecular weight excluding hydrogens is 410 g/mol. The van der Waals surface area contributed by atoms with Gasteiger partial charge in [0.25, 0.3) is 5.56 Å². The highest BCUT2D eigenvalue weighted by atomic mass is 16.5. The predicted octanol–water partition coefficient (Wildman–Crippen LogP) is 1.56. The molecule has 172 valence electrons. The van der Waals surface area contributed by atoms with Crippen molar-refractivity contribution in [3.8, 4) is 17.1 Å². The second-order valence-electron chi connectivity index (χ2n) is 7.56. The van der Waals surface area contributed by atoms with Crippen molar-refractivity contribution >= 4 is 5.91 Å². The Balaban J connectivity index is 1.42. The number of H-pyrrole nitrogens is 1. The maximum atomic E-state index is 12.4. The van der Waals surface area contributed by atoms with E-state index >= 15 is 0 Å². The number of hydrogen-bond acceptors (Lipinski definition) is 7. The molecule has 0 unspecified atom stereocenters. The summed E-state index contributed by atoms with van der Waals surface area (Å²) in [6, 6.07) is 7.26. The third-order valence-corrected chi connectivity index (χ3v) is 5.15. The smallest absolute Gasteiger partial charge is 0.273 e. The van der Waals surface area contributed by atoms with Crippen LogP contribution in [0.5, 0.6) is 5.75 Å². The number of aryl methyl sites for hydroxylation is 1. The number of nitrogens with zero attached hydrogens (tertiary/aromatic N) is 3. The number of rotatable bonds is 12. The summed E-state index contributed by atoms with van der Waals surface area (Å²) in [5.41, 5.74) is 0.651. The molecule has 1 amide bonds. The van der Waals surface area contributed by atoms with Crippen LogP contribution < -0.4 is 15.6 Å². The van der Waals surface area contributed by atoms with Crippen molar-refractivity contribution < 1.29 is 14.3 Å². The van der Waals surface area contributed by atoms with Gasteiger partial charge in [-0.25, -0.2) is 0 Å². The molecule has 9 nitrogen and oxygen atoms in total. The van der Waals surface area contributed by atoms with Crippen molar-refractivity contribution in [2.24, 2.45) is 0 Å². The highest BCUT2D eigenvalue weighted by Crippen LogP contribution is 2.18. The number of benzene rings is 1. The molecule has 0 radical (unpaired) electrons. The van der Waals surface area contributed by atoms with E-state index in [0.717, 1.165) is 57.0 Å². The first-order valence-corrected chi connectivity index (χ1v) is 11.0. The van der Waals surface area contributed by atoms with Gasteiger partial charge < -0.3 is 19.8 Å². The lowest BCUT2D eigenvalue weighted by Gasteiger charge is -2.26. The minimum absolute atomic E-state index is 0.0932. The standard InChI is InChI=1S/C23H31N5O4/c1-2-3-15-32-19-7-5-18(6-8-19)22-25-23(30)20(26-27-22)9-10-21(29)24-11-4-12-28-13-16-31-17-14-28/h2,5-8H,1,3-4,9-17H2,(H,24,29)(H,25,27,30). The van der Waals surface area contributed by atoms with E-state index in [0.29, 0.717) is 19.0 Å². The lowest BCUT2D eigenvalue weighted by atomic mass is 10.2. The number of aromatic nitrogens is 3. The fourth-order valence-electron chi connectivity index (χ4n) is 3.30. The summed E-state index contributed by atoms with van der Waals surface area (Å²) in [4.78, 5) is 29.5. The third kappa shape index (κ3) is 7.58. The van der Waals surface area contributed by atoms with Crippen LogP contribution in [0.15, 0.2) is 41.7 Å². The van der Waals surface area contributed by atoms with E-state index in [1.165, 1.54) is 0 Å². The molecule has 1 fully saturated rings. The van der Waals surface area contributed by atoms with Crippen LogP contribution in [0, 0.1) is 0 Å². The molecule has 0 bridgehead atoms. The number of ether oxygens (including phenoxy) is 2.